The summed E-state index contributed by atoms with van der Waals surface area (Å²) >= 11 is 5.95. The number of nitrogens with two attached hydrogens (primary N) is 1. The predicted molar refractivity (Wildman–Crippen MR) is 64.2 cm³/mol. The van der Waals surface area contributed by atoms with Gasteiger partial charge in [0.25, 0.3) is 0 Å². The van der Waals surface area contributed by atoms with Crippen molar-refractivity contribution >= 4 is 11.6 Å². The fourth-order valence-electron chi connectivity index (χ4n) is 2.27. The number of benzene rings is 1. The highest BCUT2D eigenvalue weighted by atomic mass is 35.5. The highest BCUT2D eigenvalue weighted by Crippen LogP contribution is 2.57. The van der Waals surface area contributed by atoms with Crippen LogP contribution in [0.2, 0.25) is 5.02 Å². The molecular formula is C12H15ClFNO2. The fourth-order valence-corrected chi connectivity index (χ4v) is 2.60. The Morgan fingerprint density at radius 3 is 2.59 bits per heavy atom. The van der Waals surface area contributed by atoms with Gasteiger partial charge in [-0.05, 0) is 19.8 Å². The number of phenolic OH excluding ortho intramolecular Hbond substituents is 1. The maximum absolute atomic E-state index is 13.7. The van der Waals surface area contributed by atoms with Crippen molar-refractivity contribution in [3.8, 4) is 11.5 Å². The molecule has 1 atom stereocenters. The lowest BCUT2D eigenvalue weighted by Gasteiger charge is -2.23. The molecule has 1 aromatic rings. The number of phenols is 1. The van der Waals surface area contributed by atoms with Crippen molar-refractivity contribution in [1.82, 2.24) is 0 Å². The first-order valence-corrected chi connectivity index (χ1v) is 5.83. The molecule has 1 aliphatic rings. The van der Waals surface area contributed by atoms with Gasteiger partial charge in [-0.2, -0.15) is 0 Å². The molecular weight excluding hydrogens is 245 g/mol. The Bertz CT molecular complexity index is 458. The molecule has 1 fully saturated rings. The normalized spacial score (nSPS) is 18.9. The van der Waals surface area contributed by atoms with Gasteiger partial charge >= 0.3 is 0 Å². The van der Waals surface area contributed by atoms with Crippen molar-refractivity contribution < 1.29 is 14.2 Å². The maximum atomic E-state index is 13.7. The Kier molecular flexibility index (Phi) is 2.96. The zero-order valence-corrected chi connectivity index (χ0v) is 10.5. The van der Waals surface area contributed by atoms with Crippen LogP contribution in [0.15, 0.2) is 6.07 Å². The number of methoxy groups -OCH3 is 1. The number of halogens is 2. The van der Waals surface area contributed by atoms with E-state index in [9.17, 15) is 9.50 Å². The first kappa shape index (κ1) is 12.5. The Morgan fingerprint density at radius 1 is 1.59 bits per heavy atom. The first-order chi connectivity index (χ1) is 7.94. The highest BCUT2D eigenvalue weighted by Gasteiger charge is 2.51. The summed E-state index contributed by atoms with van der Waals surface area (Å²) in [6.07, 6.45) is 1.59. The minimum atomic E-state index is -0.594. The molecule has 0 bridgehead atoms. The third kappa shape index (κ3) is 1.76. The fraction of sp³-hybridized carbons (Fsp3) is 0.500. The van der Waals surface area contributed by atoms with Gasteiger partial charge in [0.15, 0.2) is 11.5 Å². The van der Waals surface area contributed by atoms with Crippen LogP contribution in [0.25, 0.3) is 0 Å². The molecule has 3 nitrogen and oxygen atoms in total. The number of aromatic hydroxyl groups is 1. The Labute approximate surface area is 104 Å². The van der Waals surface area contributed by atoms with Crippen LogP contribution < -0.4 is 10.5 Å². The van der Waals surface area contributed by atoms with Crippen LogP contribution in [-0.4, -0.2) is 18.3 Å². The van der Waals surface area contributed by atoms with Crippen LogP contribution in [0.4, 0.5) is 4.39 Å². The van der Waals surface area contributed by atoms with Crippen molar-refractivity contribution in [2.45, 2.75) is 31.2 Å². The SMILES string of the molecule is COc1cc(F)c(Cl)c(C2(C(C)N)CC2)c1O. The van der Waals surface area contributed by atoms with E-state index in [2.05, 4.69) is 0 Å². The van der Waals surface area contributed by atoms with Gasteiger partial charge in [-0.1, -0.05) is 11.6 Å². The molecule has 1 aromatic carbocycles. The van der Waals surface area contributed by atoms with Gasteiger partial charge in [-0.15, -0.1) is 0 Å². The van der Waals surface area contributed by atoms with Crippen LogP contribution in [-0.2, 0) is 5.41 Å². The van der Waals surface area contributed by atoms with Gasteiger partial charge in [-0.3, -0.25) is 0 Å². The van der Waals surface area contributed by atoms with E-state index in [4.69, 9.17) is 22.1 Å². The van der Waals surface area contributed by atoms with Gasteiger partial charge in [0.2, 0.25) is 0 Å². The van der Waals surface area contributed by atoms with Crippen LogP contribution >= 0.6 is 11.6 Å². The number of hydrogen-bond acceptors (Lipinski definition) is 3. The molecule has 3 N–H and O–H groups in total. The zero-order chi connectivity index (χ0) is 12.8. The Morgan fingerprint density at radius 2 is 2.18 bits per heavy atom. The van der Waals surface area contributed by atoms with E-state index in [1.54, 1.807) is 0 Å². The third-order valence-corrected chi connectivity index (χ3v) is 3.90. The van der Waals surface area contributed by atoms with Gasteiger partial charge < -0.3 is 15.6 Å². The molecule has 1 saturated carbocycles. The summed E-state index contributed by atoms with van der Waals surface area (Å²) in [6, 6.07) is 0.885. The van der Waals surface area contributed by atoms with Crippen molar-refractivity contribution in [2.24, 2.45) is 5.73 Å². The van der Waals surface area contributed by atoms with Crippen molar-refractivity contribution in [3.05, 3.63) is 22.5 Å². The van der Waals surface area contributed by atoms with E-state index in [1.165, 1.54) is 7.11 Å². The number of hydrogen-bond donors (Lipinski definition) is 2. The van der Waals surface area contributed by atoms with E-state index >= 15 is 0 Å². The third-order valence-electron chi connectivity index (χ3n) is 3.54. The molecule has 2 rings (SSSR count). The van der Waals surface area contributed by atoms with Gasteiger partial charge in [0, 0.05) is 23.1 Å². The largest absolute Gasteiger partial charge is 0.504 e. The maximum Gasteiger partial charge on any atom is 0.163 e. The summed E-state index contributed by atoms with van der Waals surface area (Å²) in [6.45, 7) is 1.83. The van der Waals surface area contributed by atoms with E-state index in [0.717, 1.165) is 18.9 Å². The van der Waals surface area contributed by atoms with Gasteiger partial charge in [-0.25, -0.2) is 4.39 Å². The predicted octanol–water partition coefficient (Wildman–Crippen LogP) is 2.57. The lowest BCUT2D eigenvalue weighted by molar-refractivity contribution is 0.361. The van der Waals surface area contributed by atoms with E-state index in [1.807, 2.05) is 6.92 Å². The van der Waals surface area contributed by atoms with Crippen molar-refractivity contribution in [1.29, 1.82) is 0 Å². The van der Waals surface area contributed by atoms with E-state index in [0.29, 0.717) is 5.56 Å². The monoisotopic (exact) mass is 259 g/mol. The van der Waals surface area contributed by atoms with E-state index < -0.39 is 11.2 Å². The van der Waals surface area contributed by atoms with Gasteiger partial charge in [0.1, 0.15) is 5.82 Å². The second kappa shape index (κ2) is 4.03. The van der Waals surface area contributed by atoms with Crippen LogP contribution in [0.1, 0.15) is 25.3 Å². The molecule has 0 aliphatic heterocycles. The summed E-state index contributed by atoms with van der Waals surface area (Å²) in [4.78, 5) is 0. The van der Waals surface area contributed by atoms with Crippen molar-refractivity contribution in [2.75, 3.05) is 7.11 Å². The molecule has 1 unspecified atom stereocenters. The summed E-state index contributed by atoms with van der Waals surface area (Å²) < 4.78 is 18.6. The number of ether oxygens (including phenoxy) is 1. The molecule has 0 heterocycles. The second-order valence-electron chi connectivity index (χ2n) is 4.54. The average Bonchev–Trinajstić information content (AvgIpc) is 3.05. The summed E-state index contributed by atoms with van der Waals surface area (Å²) in [5, 5.41) is 10.0. The van der Waals surface area contributed by atoms with E-state index in [-0.39, 0.29) is 22.6 Å². The molecule has 94 valence electrons. The molecule has 17 heavy (non-hydrogen) atoms. The molecule has 0 saturated heterocycles. The first-order valence-electron chi connectivity index (χ1n) is 5.45. The summed E-state index contributed by atoms with van der Waals surface area (Å²) in [7, 11) is 1.37. The molecule has 0 spiro atoms. The van der Waals surface area contributed by atoms with Gasteiger partial charge in [0.05, 0.1) is 12.1 Å². The lowest BCUT2D eigenvalue weighted by Crippen LogP contribution is -2.32. The quantitative estimate of drug-likeness (QED) is 0.877. The lowest BCUT2D eigenvalue weighted by atomic mass is 9.88. The molecule has 5 heteroatoms. The second-order valence-corrected chi connectivity index (χ2v) is 4.92. The average molecular weight is 260 g/mol. The summed E-state index contributed by atoms with van der Waals surface area (Å²) in [5.74, 6) is -0.606. The Hall–Kier alpha value is -1.00. The summed E-state index contributed by atoms with van der Waals surface area (Å²) in [5.41, 5.74) is 5.87. The Balaban J connectivity index is 2.64. The molecule has 1 aliphatic carbocycles. The van der Waals surface area contributed by atoms with Crippen LogP contribution in [0.5, 0.6) is 11.5 Å². The topological polar surface area (TPSA) is 55.5 Å². The minimum absolute atomic E-state index is 0.0573. The smallest absolute Gasteiger partial charge is 0.163 e. The molecule has 0 amide bonds. The van der Waals surface area contributed by atoms with Crippen LogP contribution in [0.3, 0.4) is 0 Å². The number of rotatable bonds is 3. The highest BCUT2D eigenvalue weighted by molar-refractivity contribution is 6.32. The standard InChI is InChI=1S/C12H15ClFNO2/c1-6(15)12(3-4-12)9-10(13)7(14)5-8(17-2)11(9)16/h5-6,16H,3-4,15H2,1-2H3. The molecule has 0 radical (unpaired) electrons. The molecule has 0 aromatic heterocycles. The minimum Gasteiger partial charge on any atom is -0.504 e. The zero-order valence-electron chi connectivity index (χ0n) is 9.76. The van der Waals surface area contributed by atoms with Crippen LogP contribution in [0, 0.1) is 5.82 Å². The van der Waals surface area contributed by atoms with Crippen molar-refractivity contribution in [3.63, 3.8) is 0 Å².